The third-order valence-corrected chi connectivity index (χ3v) is 4.49. The molecule has 0 aliphatic carbocycles. The molecule has 1 fully saturated rings. The number of halogens is 1. The first-order valence-corrected chi connectivity index (χ1v) is 7.41. The van der Waals surface area contributed by atoms with Gasteiger partial charge in [0.05, 0.1) is 0 Å². The fourth-order valence-electron chi connectivity index (χ4n) is 2.71. The minimum atomic E-state index is -0.191. The quantitative estimate of drug-likeness (QED) is 0.889. The van der Waals surface area contributed by atoms with Crippen molar-refractivity contribution in [2.24, 2.45) is 17.4 Å². The van der Waals surface area contributed by atoms with Gasteiger partial charge in [-0.05, 0) is 30.9 Å². The number of benzene rings is 1. The predicted octanol–water partition coefficient (Wildman–Crippen LogP) is 2.00. The average molecular weight is 326 g/mol. The molecule has 1 heterocycles. The molecule has 4 nitrogen and oxygen atoms in total. The summed E-state index contributed by atoms with van der Waals surface area (Å²) in [6, 6.07) is 6.17. The van der Waals surface area contributed by atoms with Crippen molar-refractivity contribution in [2.75, 3.05) is 18.0 Å². The summed E-state index contributed by atoms with van der Waals surface area (Å²) in [4.78, 5) is 13.3. The SMILES string of the molecule is NCc1c(Br)cccc1N1CCC(CC(N)=O)CC1. The maximum Gasteiger partial charge on any atom is 0.217 e. The van der Waals surface area contributed by atoms with Gasteiger partial charge in [0.25, 0.3) is 0 Å². The maximum absolute atomic E-state index is 11.0. The van der Waals surface area contributed by atoms with Crippen molar-refractivity contribution >= 4 is 27.5 Å². The van der Waals surface area contributed by atoms with Crippen LogP contribution in [0.3, 0.4) is 0 Å². The van der Waals surface area contributed by atoms with Crippen LogP contribution in [0.4, 0.5) is 5.69 Å². The van der Waals surface area contributed by atoms with E-state index in [1.807, 2.05) is 12.1 Å². The van der Waals surface area contributed by atoms with E-state index in [-0.39, 0.29) is 5.91 Å². The van der Waals surface area contributed by atoms with Crippen molar-refractivity contribution in [3.8, 4) is 0 Å². The van der Waals surface area contributed by atoms with Crippen LogP contribution in [0.15, 0.2) is 22.7 Å². The molecule has 1 aromatic carbocycles. The van der Waals surface area contributed by atoms with Crippen molar-refractivity contribution < 1.29 is 4.79 Å². The third-order valence-electron chi connectivity index (χ3n) is 3.74. The number of hydrogen-bond acceptors (Lipinski definition) is 3. The van der Waals surface area contributed by atoms with Crippen LogP contribution in [0.1, 0.15) is 24.8 Å². The van der Waals surface area contributed by atoms with Gasteiger partial charge in [-0.25, -0.2) is 0 Å². The minimum Gasteiger partial charge on any atom is -0.371 e. The molecule has 4 N–H and O–H groups in total. The molecule has 2 rings (SSSR count). The Kier molecular flexibility index (Phi) is 4.82. The average Bonchev–Trinajstić information content (AvgIpc) is 2.38. The second kappa shape index (κ2) is 6.39. The fraction of sp³-hybridized carbons (Fsp3) is 0.500. The molecule has 0 aromatic heterocycles. The van der Waals surface area contributed by atoms with E-state index in [1.54, 1.807) is 0 Å². The van der Waals surface area contributed by atoms with Gasteiger partial charge in [-0.1, -0.05) is 22.0 Å². The number of carbonyl (C=O) groups is 1. The van der Waals surface area contributed by atoms with Crippen LogP contribution in [-0.2, 0) is 11.3 Å². The Hall–Kier alpha value is -1.07. The molecule has 0 radical (unpaired) electrons. The first kappa shape index (κ1) is 14.3. The van der Waals surface area contributed by atoms with Gasteiger partial charge >= 0.3 is 0 Å². The first-order valence-electron chi connectivity index (χ1n) is 6.62. The molecule has 1 saturated heterocycles. The number of piperidine rings is 1. The van der Waals surface area contributed by atoms with Gasteiger partial charge in [0.15, 0.2) is 0 Å². The zero-order valence-electron chi connectivity index (χ0n) is 10.9. The molecule has 1 aromatic rings. The van der Waals surface area contributed by atoms with E-state index < -0.39 is 0 Å². The van der Waals surface area contributed by atoms with Gasteiger partial charge in [-0.15, -0.1) is 0 Å². The Morgan fingerprint density at radius 1 is 1.37 bits per heavy atom. The third kappa shape index (κ3) is 3.48. The maximum atomic E-state index is 11.0. The summed E-state index contributed by atoms with van der Waals surface area (Å²) in [6.07, 6.45) is 2.54. The summed E-state index contributed by atoms with van der Waals surface area (Å²) in [5, 5.41) is 0. The van der Waals surface area contributed by atoms with Crippen molar-refractivity contribution in [3.05, 3.63) is 28.2 Å². The van der Waals surface area contributed by atoms with E-state index in [0.29, 0.717) is 18.9 Å². The Labute approximate surface area is 122 Å². The molecular formula is C14H20BrN3O. The van der Waals surface area contributed by atoms with Crippen molar-refractivity contribution in [1.29, 1.82) is 0 Å². The minimum absolute atomic E-state index is 0.191. The van der Waals surface area contributed by atoms with Crippen LogP contribution in [-0.4, -0.2) is 19.0 Å². The van der Waals surface area contributed by atoms with Crippen LogP contribution in [0, 0.1) is 5.92 Å². The molecule has 104 valence electrons. The van der Waals surface area contributed by atoms with Gasteiger partial charge in [0.2, 0.25) is 5.91 Å². The predicted molar refractivity (Wildman–Crippen MR) is 80.8 cm³/mol. The van der Waals surface area contributed by atoms with E-state index in [2.05, 4.69) is 26.9 Å². The van der Waals surface area contributed by atoms with Crippen molar-refractivity contribution in [2.45, 2.75) is 25.8 Å². The molecule has 0 bridgehead atoms. The Morgan fingerprint density at radius 2 is 2.05 bits per heavy atom. The highest BCUT2D eigenvalue weighted by Gasteiger charge is 2.22. The highest BCUT2D eigenvalue weighted by atomic mass is 79.9. The molecule has 1 amide bonds. The monoisotopic (exact) mass is 325 g/mol. The summed E-state index contributed by atoms with van der Waals surface area (Å²) in [7, 11) is 0. The molecule has 1 aliphatic heterocycles. The summed E-state index contributed by atoms with van der Waals surface area (Å²) >= 11 is 3.55. The van der Waals surface area contributed by atoms with E-state index in [9.17, 15) is 4.79 Å². The lowest BCUT2D eigenvalue weighted by atomic mass is 9.92. The van der Waals surface area contributed by atoms with Gasteiger partial charge in [-0.3, -0.25) is 4.79 Å². The highest BCUT2D eigenvalue weighted by Crippen LogP contribution is 2.31. The van der Waals surface area contributed by atoms with Crippen LogP contribution in [0.5, 0.6) is 0 Å². The summed E-state index contributed by atoms with van der Waals surface area (Å²) in [5.41, 5.74) is 13.4. The number of primary amides is 1. The Bertz CT molecular complexity index is 456. The van der Waals surface area contributed by atoms with E-state index in [0.717, 1.165) is 36.0 Å². The lowest BCUT2D eigenvalue weighted by Gasteiger charge is -2.34. The van der Waals surface area contributed by atoms with Gasteiger partial charge < -0.3 is 16.4 Å². The topological polar surface area (TPSA) is 72.3 Å². The molecule has 0 atom stereocenters. The summed E-state index contributed by atoms with van der Waals surface area (Å²) in [5.74, 6) is 0.241. The number of nitrogens with zero attached hydrogens (tertiary/aromatic N) is 1. The van der Waals surface area contributed by atoms with Crippen LogP contribution in [0.2, 0.25) is 0 Å². The van der Waals surface area contributed by atoms with Crippen LogP contribution >= 0.6 is 15.9 Å². The number of carbonyl (C=O) groups excluding carboxylic acids is 1. The highest BCUT2D eigenvalue weighted by molar-refractivity contribution is 9.10. The number of amides is 1. The Morgan fingerprint density at radius 3 is 2.63 bits per heavy atom. The number of rotatable bonds is 4. The van der Waals surface area contributed by atoms with Gasteiger partial charge in [-0.2, -0.15) is 0 Å². The van der Waals surface area contributed by atoms with E-state index in [4.69, 9.17) is 11.5 Å². The first-order chi connectivity index (χ1) is 9.11. The molecular weight excluding hydrogens is 306 g/mol. The van der Waals surface area contributed by atoms with E-state index in [1.165, 1.54) is 5.69 Å². The summed E-state index contributed by atoms with van der Waals surface area (Å²) in [6.45, 7) is 2.45. The number of hydrogen-bond donors (Lipinski definition) is 2. The van der Waals surface area contributed by atoms with Crippen LogP contribution < -0.4 is 16.4 Å². The molecule has 0 spiro atoms. The van der Waals surface area contributed by atoms with E-state index >= 15 is 0 Å². The molecule has 0 saturated carbocycles. The lowest BCUT2D eigenvalue weighted by molar-refractivity contribution is -0.119. The molecule has 1 aliphatic rings. The van der Waals surface area contributed by atoms with Gasteiger partial charge in [0.1, 0.15) is 0 Å². The summed E-state index contributed by atoms with van der Waals surface area (Å²) < 4.78 is 1.06. The molecule has 0 unspecified atom stereocenters. The number of nitrogens with two attached hydrogens (primary N) is 2. The molecule has 5 heteroatoms. The second-order valence-corrected chi connectivity index (χ2v) is 5.90. The van der Waals surface area contributed by atoms with Crippen molar-refractivity contribution in [3.63, 3.8) is 0 Å². The normalized spacial score (nSPS) is 16.6. The zero-order valence-corrected chi connectivity index (χ0v) is 12.5. The standard InChI is InChI=1S/C14H20BrN3O/c15-12-2-1-3-13(11(12)9-16)18-6-4-10(5-7-18)8-14(17)19/h1-3,10H,4-9,16H2,(H2,17,19). The smallest absolute Gasteiger partial charge is 0.217 e. The zero-order chi connectivity index (χ0) is 13.8. The second-order valence-electron chi connectivity index (χ2n) is 5.04. The van der Waals surface area contributed by atoms with Crippen molar-refractivity contribution in [1.82, 2.24) is 0 Å². The Balaban J connectivity index is 2.05. The van der Waals surface area contributed by atoms with Crippen LogP contribution in [0.25, 0.3) is 0 Å². The number of anilines is 1. The lowest BCUT2D eigenvalue weighted by Crippen LogP contribution is -2.35. The largest absolute Gasteiger partial charge is 0.371 e. The molecule has 19 heavy (non-hydrogen) atoms. The van der Waals surface area contributed by atoms with Gasteiger partial charge in [0, 0.05) is 41.8 Å². The fourth-order valence-corrected chi connectivity index (χ4v) is 3.23.